The molecule has 0 spiro atoms. The Hall–Kier alpha value is -0.500. The van der Waals surface area contributed by atoms with Gasteiger partial charge in [0.15, 0.2) is 0 Å². The van der Waals surface area contributed by atoms with Crippen LogP contribution >= 0.6 is 0 Å². The molecule has 36 valence electrons. The van der Waals surface area contributed by atoms with Crippen LogP contribution < -0.4 is 11.1 Å². The summed E-state index contributed by atoms with van der Waals surface area (Å²) in [6.07, 6.45) is 0. The maximum absolute atomic E-state index is 5.06. The summed E-state index contributed by atoms with van der Waals surface area (Å²) < 4.78 is 0. The zero-order chi connectivity index (χ0) is 4.99. The quantitative estimate of drug-likeness (QED) is 0.465. The second kappa shape index (κ2) is 2.72. The summed E-state index contributed by atoms with van der Waals surface area (Å²) in [6, 6.07) is 0. The van der Waals surface area contributed by atoms with Crippen molar-refractivity contribution in [2.45, 2.75) is 6.92 Å². The summed E-state index contributed by atoms with van der Waals surface area (Å²) in [7, 11) is 0. The van der Waals surface area contributed by atoms with E-state index >= 15 is 0 Å². The highest BCUT2D eigenvalue weighted by Gasteiger charge is 1.70. The van der Waals surface area contributed by atoms with Gasteiger partial charge in [0.2, 0.25) is 0 Å². The molecule has 0 heterocycles. The smallest absolute Gasteiger partial charge is 0.0624 e. The maximum Gasteiger partial charge on any atom is 0.0624 e. The molecule has 0 aromatic heterocycles. The Morgan fingerprint density at radius 1 is 2.00 bits per heavy atom. The van der Waals surface area contributed by atoms with Crippen LogP contribution in [0.2, 0.25) is 0 Å². The third kappa shape index (κ3) is 3.50. The predicted molar refractivity (Wildman–Crippen MR) is 27.0 cm³/mol. The van der Waals surface area contributed by atoms with Gasteiger partial charge < -0.3 is 11.1 Å². The molecule has 0 aliphatic carbocycles. The van der Waals surface area contributed by atoms with E-state index in [0.29, 0.717) is 6.67 Å². The van der Waals surface area contributed by atoms with E-state index in [1.54, 1.807) is 0 Å². The minimum absolute atomic E-state index is 0.481. The normalized spacial score (nSPS) is 7.67. The molecule has 0 atom stereocenters. The lowest BCUT2D eigenvalue weighted by Gasteiger charge is -1.95. The van der Waals surface area contributed by atoms with Crippen molar-refractivity contribution < 1.29 is 0 Å². The average Bonchev–Trinajstić information content (AvgIpc) is 1.35. The molecule has 2 heteroatoms. The van der Waals surface area contributed by atoms with E-state index in [1.807, 2.05) is 6.92 Å². The lowest BCUT2D eigenvalue weighted by molar-refractivity contribution is 0.831. The molecule has 0 radical (unpaired) electrons. The molecule has 0 saturated carbocycles. The SMILES string of the molecule is C=C(C)NCN. The van der Waals surface area contributed by atoms with E-state index in [1.165, 1.54) is 0 Å². The van der Waals surface area contributed by atoms with Gasteiger partial charge in [0.1, 0.15) is 0 Å². The van der Waals surface area contributed by atoms with Gasteiger partial charge in [0.25, 0.3) is 0 Å². The summed E-state index contributed by atoms with van der Waals surface area (Å²) in [6.45, 7) is 5.90. The highest BCUT2D eigenvalue weighted by molar-refractivity contribution is 4.82. The van der Waals surface area contributed by atoms with E-state index < -0.39 is 0 Å². The average molecular weight is 86.1 g/mol. The van der Waals surface area contributed by atoms with Crippen LogP contribution in [0.15, 0.2) is 12.3 Å². The van der Waals surface area contributed by atoms with E-state index in [4.69, 9.17) is 5.73 Å². The predicted octanol–water partition coefficient (Wildman–Crippen LogP) is 0.0258. The molecule has 0 rings (SSSR count). The van der Waals surface area contributed by atoms with Crippen molar-refractivity contribution in [3.63, 3.8) is 0 Å². The zero-order valence-corrected chi connectivity index (χ0v) is 3.99. The lowest BCUT2D eigenvalue weighted by Crippen LogP contribution is -2.19. The molecule has 0 aliphatic rings. The monoisotopic (exact) mass is 86.1 g/mol. The Bertz CT molecular complexity index is 49.5. The highest BCUT2D eigenvalue weighted by Crippen LogP contribution is 1.70. The number of hydrogen-bond donors (Lipinski definition) is 2. The number of rotatable bonds is 2. The first-order chi connectivity index (χ1) is 2.77. The van der Waals surface area contributed by atoms with Gasteiger partial charge in [0, 0.05) is 5.70 Å². The first-order valence-corrected chi connectivity index (χ1v) is 1.87. The van der Waals surface area contributed by atoms with Gasteiger partial charge in [-0.3, -0.25) is 0 Å². The lowest BCUT2D eigenvalue weighted by atomic mass is 10.6. The highest BCUT2D eigenvalue weighted by atomic mass is 15.0. The fourth-order valence-electron chi connectivity index (χ4n) is 0.174. The van der Waals surface area contributed by atoms with Gasteiger partial charge in [0.05, 0.1) is 6.67 Å². The fraction of sp³-hybridized carbons (Fsp3) is 0.500. The molecule has 0 unspecified atom stereocenters. The third-order valence-corrected chi connectivity index (χ3v) is 0.404. The summed E-state index contributed by atoms with van der Waals surface area (Å²) in [5.74, 6) is 0. The summed E-state index contributed by atoms with van der Waals surface area (Å²) in [4.78, 5) is 0. The Kier molecular flexibility index (Phi) is 2.50. The minimum Gasteiger partial charge on any atom is -0.377 e. The van der Waals surface area contributed by atoms with Crippen LogP contribution in [0.4, 0.5) is 0 Å². The van der Waals surface area contributed by atoms with Crippen molar-refractivity contribution in [2.24, 2.45) is 5.73 Å². The number of nitrogens with two attached hydrogens (primary N) is 1. The summed E-state index contributed by atoms with van der Waals surface area (Å²) >= 11 is 0. The van der Waals surface area contributed by atoms with Crippen molar-refractivity contribution in [3.8, 4) is 0 Å². The van der Waals surface area contributed by atoms with Gasteiger partial charge in [-0.25, -0.2) is 0 Å². The number of allylic oxidation sites excluding steroid dienone is 1. The Balaban J connectivity index is 2.83. The van der Waals surface area contributed by atoms with Crippen LogP contribution in [-0.2, 0) is 0 Å². The molecular formula is C4H10N2. The van der Waals surface area contributed by atoms with Gasteiger partial charge in [-0.15, -0.1) is 0 Å². The molecule has 3 N–H and O–H groups in total. The van der Waals surface area contributed by atoms with Crippen molar-refractivity contribution in [3.05, 3.63) is 12.3 Å². The number of hydrogen-bond acceptors (Lipinski definition) is 2. The second-order valence-electron chi connectivity index (χ2n) is 1.16. The van der Waals surface area contributed by atoms with Gasteiger partial charge >= 0.3 is 0 Å². The summed E-state index contributed by atoms with van der Waals surface area (Å²) in [5.41, 5.74) is 5.97. The van der Waals surface area contributed by atoms with E-state index in [-0.39, 0.29) is 0 Å². The standard InChI is InChI=1S/C4H10N2/c1-4(2)6-3-5/h6H,1,3,5H2,2H3. The van der Waals surface area contributed by atoms with Crippen molar-refractivity contribution in [1.29, 1.82) is 0 Å². The Labute approximate surface area is 38.0 Å². The van der Waals surface area contributed by atoms with Gasteiger partial charge in [-0.1, -0.05) is 6.58 Å². The molecule has 0 amide bonds. The van der Waals surface area contributed by atoms with Crippen LogP contribution in [0.1, 0.15) is 6.92 Å². The van der Waals surface area contributed by atoms with Crippen LogP contribution in [0.3, 0.4) is 0 Å². The van der Waals surface area contributed by atoms with Crippen LogP contribution in [0.25, 0.3) is 0 Å². The van der Waals surface area contributed by atoms with Gasteiger partial charge in [-0.05, 0) is 6.92 Å². The van der Waals surface area contributed by atoms with Crippen molar-refractivity contribution >= 4 is 0 Å². The van der Waals surface area contributed by atoms with E-state index in [2.05, 4.69) is 11.9 Å². The third-order valence-electron chi connectivity index (χ3n) is 0.404. The van der Waals surface area contributed by atoms with Crippen LogP contribution in [0, 0.1) is 0 Å². The van der Waals surface area contributed by atoms with Crippen molar-refractivity contribution in [1.82, 2.24) is 5.32 Å². The Morgan fingerprint density at radius 2 is 2.50 bits per heavy atom. The Morgan fingerprint density at radius 3 is 2.50 bits per heavy atom. The van der Waals surface area contributed by atoms with E-state index in [0.717, 1.165) is 5.70 Å². The number of nitrogens with one attached hydrogen (secondary N) is 1. The molecule has 2 nitrogen and oxygen atoms in total. The first-order valence-electron chi connectivity index (χ1n) is 1.87. The zero-order valence-electron chi connectivity index (χ0n) is 3.99. The summed E-state index contributed by atoms with van der Waals surface area (Å²) in [5, 5.41) is 2.79. The van der Waals surface area contributed by atoms with Crippen LogP contribution in [-0.4, -0.2) is 6.67 Å². The largest absolute Gasteiger partial charge is 0.377 e. The fourth-order valence-corrected chi connectivity index (χ4v) is 0.174. The van der Waals surface area contributed by atoms with Crippen LogP contribution in [0.5, 0.6) is 0 Å². The molecule has 0 aromatic rings. The molecule has 0 aromatic carbocycles. The molecular weight excluding hydrogens is 76.1 g/mol. The molecule has 0 bridgehead atoms. The molecule has 6 heavy (non-hydrogen) atoms. The van der Waals surface area contributed by atoms with E-state index in [9.17, 15) is 0 Å². The van der Waals surface area contributed by atoms with Crippen molar-refractivity contribution in [2.75, 3.05) is 6.67 Å². The topological polar surface area (TPSA) is 38.0 Å². The van der Waals surface area contributed by atoms with Gasteiger partial charge in [-0.2, -0.15) is 0 Å². The minimum atomic E-state index is 0.481. The second-order valence-corrected chi connectivity index (χ2v) is 1.16. The maximum atomic E-state index is 5.06. The molecule has 0 aliphatic heterocycles. The molecule has 0 saturated heterocycles. The first kappa shape index (κ1) is 5.50. The molecule has 0 fully saturated rings.